The Hall–Kier alpha value is -3.73. The third-order valence-electron chi connectivity index (χ3n) is 12.1. The number of carbonyl (C=O) groups excluding carboxylic acids is 2. The van der Waals surface area contributed by atoms with Crippen molar-refractivity contribution in [1.82, 2.24) is 4.98 Å². The minimum Gasteiger partial charge on any atom is -0.456 e. The summed E-state index contributed by atoms with van der Waals surface area (Å²) in [6, 6.07) is 32.2. The molecule has 64 heavy (non-hydrogen) atoms. The minimum absolute atomic E-state index is 0.0109. The Bertz CT molecular complexity index is 2120. The summed E-state index contributed by atoms with van der Waals surface area (Å²) in [7, 11) is 0. The zero-order valence-corrected chi connectivity index (χ0v) is 41.7. The first-order valence-electron chi connectivity index (χ1n) is 22.7. The topological polar surface area (TPSA) is 102 Å². The van der Waals surface area contributed by atoms with Crippen molar-refractivity contribution in [3.05, 3.63) is 165 Å². The van der Waals surface area contributed by atoms with Crippen LogP contribution in [0, 0.1) is 7.14 Å². The van der Waals surface area contributed by atoms with Crippen LogP contribution >= 0.6 is 45.2 Å². The molecule has 0 spiro atoms. The number of esters is 2. The van der Waals surface area contributed by atoms with Gasteiger partial charge in [-0.1, -0.05) is 54.6 Å². The fourth-order valence-electron chi connectivity index (χ4n) is 9.13. The van der Waals surface area contributed by atoms with E-state index in [1.54, 1.807) is 18.2 Å². The Labute approximate surface area is 405 Å². The monoisotopic (exact) mass is 1090 g/mol. The van der Waals surface area contributed by atoms with E-state index in [0.717, 1.165) is 66.2 Å². The molecular formula is C53H59I2NO8. The van der Waals surface area contributed by atoms with Gasteiger partial charge in [0.25, 0.3) is 0 Å². The molecule has 3 aliphatic rings. The van der Waals surface area contributed by atoms with E-state index in [4.69, 9.17) is 28.4 Å². The number of rotatable bonds is 16. The fourth-order valence-corrected chi connectivity index (χ4v) is 10.6. The minimum atomic E-state index is -0.621. The molecule has 11 heteroatoms. The number of nitrogens with zero attached hydrogens (tertiary/aromatic N) is 1. The number of fused-ring (bicyclic) bond motifs is 4. The first-order valence-corrected chi connectivity index (χ1v) is 24.8. The maximum Gasteiger partial charge on any atom is 0.357 e. The molecule has 9 nitrogen and oxygen atoms in total. The number of aromatic nitrogens is 1. The van der Waals surface area contributed by atoms with E-state index in [-0.39, 0.29) is 48.3 Å². The highest BCUT2D eigenvalue weighted by Gasteiger charge is 2.28. The summed E-state index contributed by atoms with van der Waals surface area (Å²) in [5.74, 6) is -1.40. The van der Waals surface area contributed by atoms with Gasteiger partial charge >= 0.3 is 11.9 Å². The molecule has 5 aromatic rings. The van der Waals surface area contributed by atoms with E-state index in [1.165, 1.54) is 22.3 Å². The second-order valence-electron chi connectivity index (χ2n) is 16.4. The lowest BCUT2D eigenvalue weighted by Crippen LogP contribution is -2.16. The normalized spacial score (nSPS) is 18.4. The first-order chi connectivity index (χ1) is 31.2. The summed E-state index contributed by atoms with van der Waals surface area (Å²) in [5, 5.41) is 0. The number of halogens is 2. The number of ether oxygens (including phenoxy) is 6. The van der Waals surface area contributed by atoms with Crippen LogP contribution in [0.25, 0.3) is 0 Å². The first kappa shape index (κ1) is 48.2. The summed E-state index contributed by atoms with van der Waals surface area (Å²) < 4.78 is 38.7. The molecule has 4 aromatic carbocycles. The SMILES string of the molecule is CCOCCC1c2cc(I)cc(c2)C(CCOCC)c2cc3cc(c2)C(CCOCC)c2cc(I)cc(c2)C(CCOCC)c2cc(cc1c2)COC(=O)c1cccc(n1)C(=O)OC3. The van der Waals surface area contributed by atoms with Crippen molar-refractivity contribution >= 4 is 57.1 Å². The van der Waals surface area contributed by atoms with E-state index < -0.39 is 11.9 Å². The van der Waals surface area contributed by atoms with E-state index in [9.17, 15) is 9.59 Å². The van der Waals surface area contributed by atoms with Crippen LogP contribution in [0.5, 0.6) is 0 Å². The number of carbonyl (C=O) groups is 2. The molecule has 1 aromatic heterocycles. The van der Waals surface area contributed by atoms with Crippen molar-refractivity contribution < 1.29 is 38.0 Å². The van der Waals surface area contributed by atoms with Gasteiger partial charge < -0.3 is 28.4 Å². The molecular weight excluding hydrogens is 1030 g/mol. The van der Waals surface area contributed by atoms with Crippen LogP contribution in [0.4, 0.5) is 0 Å². The van der Waals surface area contributed by atoms with Gasteiger partial charge in [0.15, 0.2) is 0 Å². The summed E-state index contributed by atoms with van der Waals surface area (Å²) in [4.78, 5) is 31.9. The average molecular weight is 1090 g/mol. The van der Waals surface area contributed by atoms with Crippen molar-refractivity contribution in [2.24, 2.45) is 0 Å². The molecule has 4 atom stereocenters. The van der Waals surface area contributed by atoms with Gasteiger partial charge in [0.2, 0.25) is 0 Å². The van der Waals surface area contributed by atoms with E-state index >= 15 is 0 Å². The van der Waals surface area contributed by atoms with Crippen LogP contribution in [0.3, 0.4) is 0 Å². The highest BCUT2D eigenvalue weighted by atomic mass is 127. The summed E-state index contributed by atoms with van der Waals surface area (Å²) in [6.07, 6.45) is 3.00. The van der Waals surface area contributed by atoms with Crippen LogP contribution in [0.1, 0.15) is 154 Å². The molecule has 0 saturated carbocycles. The second-order valence-corrected chi connectivity index (χ2v) is 18.9. The van der Waals surface area contributed by atoms with Crippen molar-refractivity contribution in [2.45, 2.75) is 90.3 Å². The summed E-state index contributed by atoms with van der Waals surface area (Å²) >= 11 is 4.92. The molecule has 3 heterocycles. The van der Waals surface area contributed by atoms with Gasteiger partial charge in [0.1, 0.15) is 24.6 Å². The molecule has 0 fully saturated rings. The summed E-state index contributed by atoms with van der Waals surface area (Å²) in [6.45, 7) is 12.9. The van der Waals surface area contributed by atoms with Gasteiger partial charge in [-0.2, -0.15) is 0 Å². The molecule has 338 valence electrons. The maximum absolute atomic E-state index is 13.7. The van der Waals surface area contributed by atoms with Crippen molar-refractivity contribution in [3.63, 3.8) is 0 Å². The zero-order chi connectivity index (χ0) is 45.0. The smallest absolute Gasteiger partial charge is 0.357 e. The van der Waals surface area contributed by atoms with Crippen molar-refractivity contribution in [1.29, 1.82) is 0 Å². The number of hydrogen-bond donors (Lipinski definition) is 0. The standard InChI is InChI=1S/C53H59I2NO8/c1-5-59-16-12-46-36-20-34-21-37(24-36)47(13-17-60-6-2)42-27-43(31-45(55)30-42)49(15-19-62-8-4)39-23-35(33-64-53(58)51-11-9-10-50(56-51)52(57)63-32-34)22-38(25-39)48(14-18-61-7-3)41-26-40(46)28-44(54)29-41/h9-11,20-31,46-49H,5-8,12-19,32-33H2,1-4H3. The molecule has 1 aliphatic carbocycles. The van der Waals surface area contributed by atoms with Gasteiger partial charge in [-0.15, -0.1) is 0 Å². The molecule has 12 bridgehead atoms. The number of pyridine rings is 1. The van der Waals surface area contributed by atoms with Gasteiger partial charge in [0.05, 0.1) is 0 Å². The average Bonchev–Trinajstić information content (AvgIpc) is 3.29. The lowest BCUT2D eigenvalue weighted by atomic mass is 9.78. The molecule has 2 aliphatic heterocycles. The quantitative estimate of drug-likeness (QED) is 0.0543. The summed E-state index contributed by atoms with van der Waals surface area (Å²) in [5.41, 5.74) is 11.0. The Morgan fingerprint density at radius 2 is 0.750 bits per heavy atom. The Balaban J connectivity index is 1.57. The maximum atomic E-state index is 13.7. The van der Waals surface area contributed by atoms with Gasteiger partial charge in [-0.3, -0.25) is 0 Å². The van der Waals surface area contributed by atoms with Crippen LogP contribution in [0.15, 0.2) is 91.0 Å². The molecule has 0 N–H and O–H groups in total. The molecule has 0 amide bonds. The van der Waals surface area contributed by atoms with Crippen molar-refractivity contribution in [2.75, 3.05) is 52.9 Å². The van der Waals surface area contributed by atoms with Crippen LogP contribution in [-0.4, -0.2) is 69.8 Å². The van der Waals surface area contributed by atoms with E-state index in [0.29, 0.717) is 52.9 Å². The lowest BCUT2D eigenvalue weighted by Gasteiger charge is -2.28. The molecule has 0 radical (unpaired) electrons. The Morgan fingerprint density at radius 3 is 1.03 bits per heavy atom. The van der Waals surface area contributed by atoms with E-state index in [2.05, 4.69) is 123 Å². The third kappa shape index (κ3) is 12.4. The number of hydrogen-bond acceptors (Lipinski definition) is 9. The predicted octanol–water partition coefficient (Wildman–Crippen LogP) is 11.9. The third-order valence-corrected chi connectivity index (χ3v) is 13.4. The van der Waals surface area contributed by atoms with Gasteiger partial charge in [-0.25, -0.2) is 14.6 Å². The Morgan fingerprint density at radius 1 is 0.469 bits per heavy atom. The molecule has 8 rings (SSSR count). The lowest BCUT2D eigenvalue weighted by molar-refractivity contribution is 0.0456. The largest absolute Gasteiger partial charge is 0.456 e. The van der Waals surface area contributed by atoms with Crippen LogP contribution < -0.4 is 0 Å². The Kier molecular flexibility index (Phi) is 17.8. The highest BCUT2D eigenvalue weighted by Crippen LogP contribution is 2.42. The van der Waals surface area contributed by atoms with Crippen LogP contribution in [0.2, 0.25) is 0 Å². The predicted molar refractivity (Wildman–Crippen MR) is 265 cm³/mol. The number of benzene rings is 4. The van der Waals surface area contributed by atoms with Crippen LogP contribution in [-0.2, 0) is 41.6 Å². The van der Waals surface area contributed by atoms with E-state index in [1.807, 2.05) is 27.7 Å². The molecule has 0 saturated heterocycles. The fraction of sp³-hybridized carbons (Fsp3) is 0.415. The molecule has 4 unspecified atom stereocenters. The van der Waals surface area contributed by atoms with Crippen molar-refractivity contribution in [3.8, 4) is 0 Å². The zero-order valence-electron chi connectivity index (χ0n) is 37.3. The highest BCUT2D eigenvalue weighted by molar-refractivity contribution is 14.1. The second kappa shape index (κ2) is 23.6. The van der Waals surface area contributed by atoms with Gasteiger partial charge in [-0.05, 0) is 191 Å². The van der Waals surface area contributed by atoms with Gasteiger partial charge in [0, 0.05) is 83.7 Å².